The molecule has 0 fully saturated rings. The lowest BCUT2D eigenvalue weighted by atomic mass is 10.0. The Balaban J connectivity index is 1.56. The normalized spacial score (nSPS) is 13.0. The van der Waals surface area contributed by atoms with E-state index in [4.69, 9.17) is 0 Å². The molecule has 1 unspecified atom stereocenters. The second kappa shape index (κ2) is 9.32. The summed E-state index contributed by atoms with van der Waals surface area (Å²) in [6, 6.07) is 13.2. The summed E-state index contributed by atoms with van der Waals surface area (Å²) in [7, 11) is 0. The summed E-state index contributed by atoms with van der Waals surface area (Å²) < 4.78 is 26.9. The van der Waals surface area contributed by atoms with Gasteiger partial charge in [-0.1, -0.05) is 30.3 Å². The third-order valence-electron chi connectivity index (χ3n) is 5.27. The molecule has 3 N–H and O–H groups in total. The van der Waals surface area contributed by atoms with Gasteiger partial charge < -0.3 is 15.6 Å². The predicted molar refractivity (Wildman–Crippen MR) is 120 cm³/mol. The van der Waals surface area contributed by atoms with Crippen molar-refractivity contribution < 1.29 is 18.4 Å². The molecular weight excluding hydrogens is 432 g/mol. The van der Waals surface area contributed by atoms with Crippen LogP contribution >= 0.6 is 11.3 Å². The lowest BCUT2D eigenvalue weighted by Gasteiger charge is -2.21. The van der Waals surface area contributed by atoms with Crippen LogP contribution in [0.3, 0.4) is 0 Å². The fourth-order valence-electron chi connectivity index (χ4n) is 3.55. The lowest BCUT2D eigenvalue weighted by Crippen LogP contribution is -2.48. The Kier molecular flexibility index (Phi) is 6.32. The van der Waals surface area contributed by atoms with Gasteiger partial charge in [0.2, 0.25) is 5.91 Å². The van der Waals surface area contributed by atoms with E-state index in [-0.39, 0.29) is 12.3 Å². The minimum atomic E-state index is -0.982. The Morgan fingerprint density at radius 2 is 1.84 bits per heavy atom. The molecule has 164 valence electrons. The number of fused-ring (bicyclic) bond motifs is 1. The zero-order valence-corrected chi connectivity index (χ0v) is 18.0. The van der Waals surface area contributed by atoms with Gasteiger partial charge in [-0.2, -0.15) is 0 Å². The third-order valence-corrected chi connectivity index (χ3v) is 6.14. The summed E-state index contributed by atoms with van der Waals surface area (Å²) in [6.07, 6.45) is 2.08. The number of aromatic nitrogens is 1. The van der Waals surface area contributed by atoms with Crippen LogP contribution in [0.2, 0.25) is 0 Å². The number of aromatic amines is 1. The van der Waals surface area contributed by atoms with Crippen molar-refractivity contribution in [1.82, 2.24) is 15.6 Å². The van der Waals surface area contributed by atoms with Crippen LogP contribution in [-0.2, 0) is 11.2 Å². The van der Waals surface area contributed by atoms with Gasteiger partial charge in [0, 0.05) is 23.5 Å². The van der Waals surface area contributed by atoms with E-state index in [0.29, 0.717) is 10.4 Å². The van der Waals surface area contributed by atoms with Crippen LogP contribution in [0, 0.1) is 11.6 Å². The van der Waals surface area contributed by atoms with Crippen molar-refractivity contribution in [2.45, 2.75) is 25.4 Å². The van der Waals surface area contributed by atoms with Crippen molar-refractivity contribution in [3.63, 3.8) is 0 Å². The molecule has 32 heavy (non-hydrogen) atoms. The van der Waals surface area contributed by atoms with Gasteiger partial charge in [0.05, 0.1) is 10.9 Å². The van der Waals surface area contributed by atoms with Gasteiger partial charge in [-0.05, 0) is 47.7 Å². The number of amides is 2. The molecule has 0 spiro atoms. The molecule has 2 aromatic heterocycles. The van der Waals surface area contributed by atoms with Crippen LogP contribution < -0.4 is 10.6 Å². The number of thiophene rings is 1. The average Bonchev–Trinajstić information content (AvgIpc) is 3.46. The molecule has 4 rings (SSSR count). The largest absolute Gasteiger partial charge is 0.361 e. The van der Waals surface area contributed by atoms with E-state index in [9.17, 15) is 18.4 Å². The molecule has 2 atom stereocenters. The number of benzene rings is 2. The molecule has 0 saturated carbocycles. The van der Waals surface area contributed by atoms with E-state index in [2.05, 4.69) is 15.6 Å². The first-order valence-electron chi connectivity index (χ1n) is 10.1. The maximum absolute atomic E-state index is 13.6. The number of para-hydroxylation sites is 1. The van der Waals surface area contributed by atoms with E-state index in [0.717, 1.165) is 28.6 Å². The van der Waals surface area contributed by atoms with E-state index >= 15 is 0 Å². The minimum Gasteiger partial charge on any atom is -0.361 e. The summed E-state index contributed by atoms with van der Waals surface area (Å²) >= 11 is 1.28. The lowest BCUT2D eigenvalue weighted by molar-refractivity contribution is -0.123. The van der Waals surface area contributed by atoms with Crippen LogP contribution in [0.15, 0.2) is 66.2 Å². The fraction of sp³-hybridized carbons (Fsp3) is 0.167. The third kappa shape index (κ3) is 4.70. The van der Waals surface area contributed by atoms with Crippen LogP contribution in [0.25, 0.3) is 10.9 Å². The number of nitrogens with one attached hydrogen (secondary N) is 3. The van der Waals surface area contributed by atoms with E-state index in [1.54, 1.807) is 24.4 Å². The van der Waals surface area contributed by atoms with Gasteiger partial charge in [0.1, 0.15) is 6.04 Å². The first-order chi connectivity index (χ1) is 15.4. The van der Waals surface area contributed by atoms with Crippen molar-refractivity contribution in [2.24, 2.45) is 0 Å². The molecule has 0 radical (unpaired) electrons. The highest BCUT2D eigenvalue weighted by molar-refractivity contribution is 7.12. The minimum absolute atomic E-state index is 0.261. The number of carbonyl (C=O) groups excluding carboxylic acids is 2. The molecule has 0 aliphatic carbocycles. The molecule has 0 aliphatic rings. The second-order valence-corrected chi connectivity index (χ2v) is 8.42. The number of hydrogen-bond donors (Lipinski definition) is 3. The van der Waals surface area contributed by atoms with Gasteiger partial charge in [-0.3, -0.25) is 9.59 Å². The summed E-state index contributed by atoms with van der Waals surface area (Å²) in [5, 5.41) is 8.36. The van der Waals surface area contributed by atoms with E-state index < -0.39 is 29.6 Å². The number of rotatable bonds is 7. The first-order valence-corrected chi connectivity index (χ1v) is 10.9. The first kappa shape index (κ1) is 21.7. The maximum Gasteiger partial charge on any atom is 0.262 e. The molecule has 0 saturated heterocycles. The van der Waals surface area contributed by atoms with Gasteiger partial charge in [-0.15, -0.1) is 11.3 Å². The Bertz CT molecular complexity index is 1250. The Morgan fingerprint density at radius 1 is 1.03 bits per heavy atom. The SMILES string of the molecule is CC(NC(=O)[C@H](Cc1c[nH]c2ccccc12)NC(=O)c1cccs1)c1ccc(F)c(F)c1. The van der Waals surface area contributed by atoms with Gasteiger partial charge in [-0.25, -0.2) is 8.78 Å². The Hall–Kier alpha value is -3.52. The number of H-pyrrole nitrogens is 1. The smallest absolute Gasteiger partial charge is 0.262 e. The van der Waals surface area contributed by atoms with E-state index in [1.165, 1.54) is 17.4 Å². The monoisotopic (exact) mass is 453 g/mol. The van der Waals surface area contributed by atoms with Gasteiger partial charge in [0.15, 0.2) is 11.6 Å². The number of hydrogen-bond acceptors (Lipinski definition) is 3. The Labute approximate surface area is 187 Å². The highest BCUT2D eigenvalue weighted by Crippen LogP contribution is 2.21. The average molecular weight is 454 g/mol. The molecule has 8 heteroatoms. The second-order valence-electron chi connectivity index (χ2n) is 7.47. The van der Waals surface area contributed by atoms with Crippen LogP contribution in [0.4, 0.5) is 8.78 Å². The summed E-state index contributed by atoms with van der Waals surface area (Å²) in [4.78, 5) is 29.5. The molecule has 0 aliphatic heterocycles. The zero-order chi connectivity index (χ0) is 22.7. The predicted octanol–water partition coefficient (Wildman–Crippen LogP) is 4.73. The molecule has 2 amide bonds. The highest BCUT2D eigenvalue weighted by atomic mass is 32.1. The van der Waals surface area contributed by atoms with Crippen molar-refractivity contribution in [3.8, 4) is 0 Å². The van der Waals surface area contributed by atoms with Gasteiger partial charge >= 0.3 is 0 Å². The fourth-order valence-corrected chi connectivity index (χ4v) is 4.17. The number of carbonyl (C=O) groups is 2. The Morgan fingerprint density at radius 3 is 2.59 bits per heavy atom. The van der Waals surface area contributed by atoms with Crippen molar-refractivity contribution >= 4 is 34.1 Å². The van der Waals surface area contributed by atoms with Crippen LogP contribution in [0.1, 0.15) is 33.8 Å². The summed E-state index contributed by atoms with van der Waals surface area (Å²) in [5.74, 6) is -2.70. The van der Waals surface area contributed by atoms with Crippen molar-refractivity contribution in [1.29, 1.82) is 0 Å². The molecule has 5 nitrogen and oxygen atoms in total. The van der Waals surface area contributed by atoms with E-state index in [1.807, 2.05) is 30.5 Å². The maximum atomic E-state index is 13.6. The standard InChI is InChI=1S/C24H21F2N3O2S/c1-14(15-8-9-18(25)19(26)11-15)28-23(30)21(29-24(31)22-7-4-10-32-22)12-16-13-27-20-6-3-2-5-17(16)20/h2-11,13-14,21,27H,12H2,1H3,(H,28,30)(H,29,31)/t14?,21-/m0/s1. The van der Waals surface area contributed by atoms with Crippen molar-refractivity contribution in [3.05, 3.63) is 93.8 Å². The molecule has 0 bridgehead atoms. The molecule has 4 aromatic rings. The zero-order valence-electron chi connectivity index (χ0n) is 17.2. The molecule has 2 aromatic carbocycles. The quantitative estimate of drug-likeness (QED) is 0.379. The van der Waals surface area contributed by atoms with Gasteiger partial charge in [0.25, 0.3) is 5.91 Å². The topological polar surface area (TPSA) is 74.0 Å². The number of halogens is 2. The highest BCUT2D eigenvalue weighted by Gasteiger charge is 2.25. The van der Waals surface area contributed by atoms with Crippen LogP contribution in [-0.4, -0.2) is 22.8 Å². The summed E-state index contributed by atoms with van der Waals surface area (Å²) in [5.41, 5.74) is 2.24. The molecule has 2 heterocycles. The van der Waals surface area contributed by atoms with Crippen LogP contribution in [0.5, 0.6) is 0 Å². The molecular formula is C24H21F2N3O2S. The van der Waals surface area contributed by atoms with Crippen molar-refractivity contribution in [2.75, 3.05) is 0 Å². The summed E-state index contributed by atoms with van der Waals surface area (Å²) in [6.45, 7) is 1.68.